The average molecular weight is 429 g/mol. The number of benzene rings is 1. The van der Waals surface area contributed by atoms with E-state index in [2.05, 4.69) is 54.7 Å². The quantitative estimate of drug-likeness (QED) is 0.352. The lowest BCUT2D eigenvalue weighted by Gasteiger charge is -2.16. The van der Waals surface area contributed by atoms with Crippen LogP contribution in [0.2, 0.25) is 0 Å². The summed E-state index contributed by atoms with van der Waals surface area (Å²) in [6, 6.07) is 6.52. The van der Waals surface area contributed by atoms with E-state index in [0.29, 0.717) is 0 Å². The van der Waals surface area contributed by atoms with Crippen LogP contribution in [0.4, 0.5) is 10.5 Å². The summed E-state index contributed by atoms with van der Waals surface area (Å²) in [5.74, 6) is 0. The standard InChI is InChI=1S/C21H26N2OS2.CH2N2/c1-21(2,3)17-10-11-18(25-17)26-23-20(24)22-19-15-8-4-6-13(15)12-14-7-5-9-16(14)19;2-1-3/h10-12H,4-9H2,1-3H3,(H2,22,23,24);2H2. The maximum Gasteiger partial charge on any atom is 0.329 e. The van der Waals surface area contributed by atoms with Crippen LogP contribution in [0.5, 0.6) is 0 Å². The Morgan fingerprint density at radius 1 is 1.14 bits per heavy atom. The minimum Gasteiger partial charge on any atom is -0.337 e. The van der Waals surface area contributed by atoms with Crippen LogP contribution in [-0.2, 0) is 31.1 Å². The SMILES string of the molecule is CC(C)(C)c1ccc(SNC(=O)Nc2c3c(cc4c2CCC4)CCC3)s1.N#CN. The molecule has 2 aromatic rings. The van der Waals surface area contributed by atoms with Crippen LogP contribution in [0.25, 0.3) is 0 Å². The zero-order chi connectivity index (χ0) is 21.0. The third-order valence-electron chi connectivity index (χ3n) is 5.28. The molecule has 4 rings (SSSR count). The van der Waals surface area contributed by atoms with Gasteiger partial charge >= 0.3 is 6.03 Å². The Hall–Kier alpha value is -2.17. The van der Waals surface area contributed by atoms with Gasteiger partial charge in [-0.15, -0.1) is 11.3 Å². The second-order valence-corrected chi connectivity index (χ2v) is 10.6. The molecule has 0 aliphatic heterocycles. The van der Waals surface area contributed by atoms with E-state index in [0.717, 1.165) is 35.6 Å². The van der Waals surface area contributed by atoms with E-state index in [1.165, 1.54) is 58.1 Å². The number of fused-ring (bicyclic) bond motifs is 2. The second kappa shape index (κ2) is 9.10. The van der Waals surface area contributed by atoms with Gasteiger partial charge in [0.05, 0.1) is 4.21 Å². The van der Waals surface area contributed by atoms with Crippen molar-refractivity contribution in [2.45, 2.75) is 68.9 Å². The Bertz CT molecular complexity index is 905. The first-order valence-electron chi connectivity index (χ1n) is 9.94. The molecule has 1 aromatic carbocycles. The predicted octanol–water partition coefficient (Wildman–Crippen LogP) is 5.28. The first kappa shape index (κ1) is 21.5. The highest BCUT2D eigenvalue weighted by Crippen LogP contribution is 2.39. The molecule has 2 amide bonds. The van der Waals surface area contributed by atoms with E-state index in [-0.39, 0.29) is 11.4 Å². The van der Waals surface area contributed by atoms with Crippen LogP contribution in [0.3, 0.4) is 0 Å². The minimum atomic E-state index is -0.116. The van der Waals surface area contributed by atoms with Gasteiger partial charge in [0.2, 0.25) is 0 Å². The van der Waals surface area contributed by atoms with Crippen LogP contribution < -0.4 is 15.8 Å². The van der Waals surface area contributed by atoms with Crippen molar-refractivity contribution < 1.29 is 4.79 Å². The van der Waals surface area contributed by atoms with Crippen molar-refractivity contribution in [2.75, 3.05) is 5.32 Å². The number of nitrogens with zero attached hydrogens (tertiary/aromatic N) is 1. The van der Waals surface area contributed by atoms with Crippen molar-refractivity contribution in [1.82, 2.24) is 4.72 Å². The number of nitriles is 1. The normalized spacial score (nSPS) is 14.3. The molecule has 1 aromatic heterocycles. The highest BCUT2D eigenvalue weighted by atomic mass is 32.2. The van der Waals surface area contributed by atoms with E-state index in [9.17, 15) is 4.79 Å². The summed E-state index contributed by atoms with van der Waals surface area (Å²) in [7, 11) is 0. The lowest BCUT2D eigenvalue weighted by Crippen LogP contribution is -2.24. The molecule has 0 bridgehead atoms. The zero-order valence-electron chi connectivity index (χ0n) is 17.2. The van der Waals surface area contributed by atoms with E-state index < -0.39 is 0 Å². The van der Waals surface area contributed by atoms with Crippen LogP contribution >= 0.6 is 23.3 Å². The highest BCUT2D eigenvalue weighted by molar-refractivity contribution is 7.99. The highest BCUT2D eigenvalue weighted by Gasteiger charge is 2.25. The summed E-state index contributed by atoms with van der Waals surface area (Å²) < 4.78 is 4.09. The molecule has 4 N–H and O–H groups in total. The van der Waals surface area contributed by atoms with Crippen LogP contribution in [0.15, 0.2) is 22.4 Å². The number of amides is 2. The van der Waals surface area contributed by atoms with E-state index in [1.807, 2.05) is 0 Å². The Balaban J connectivity index is 0.000000755. The molecule has 0 atom stereocenters. The van der Waals surface area contributed by atoms with Gasteiger partial charge in [0, 0.05) is 10.6 Å². The molecule has 154 valence electrons. The molecule has 0 unspecified atom stereocenters. The predicted molar refractivity (Wildman–Crippen MR) is 121 cm³/mol. The molecule has 0 saturated carbocycles. The van der Waals surface area contributed by atoms with Crippen molar-refractivity contribution in [3.05, 3.63) is 45.3 Å². The summed E-state index contributed by atoms with van der Waals surface area (Å²) in [6.45, 7) is 6.64. The Kier molecular flexibility index (Phi) is 6.76. The topological polar surface area (TPSA) is 90.9 Å². The fourth-order valence-electron chi connectivity index (χ4n) is 3.98. The molecule has 2 aliphatic rings. The number of anilines is 1. The minimum absolute atomic E-state index is 0.116. The van der Waals surface area contributed by atoms with E-state index in [4.69, 9.17) is 5.26 Å². The van der Waals surface area contributed by atoms with Gasteiger partial charge in [-0.25, -0.2) is 4.79 Å². The van der Waals surface area contributed by atoms with Crippen LogP contribution in [-0.4, -0.2) is 6.03 Å². The van der Waals surface area contributed by atoms with Gasteiger partial charge in [-0.3, -0.25) is 4.72 Å². The third kappa shape index (κ3) is 5.06. The largest absolute Gasteiger partial charge is 0.337 e. The molecule has 5 nitrogen and oxygen atoms in total. The van der Waals surface area contributed by atoms with Crippen molar-refractivity contribution in [2.24, 2.45) is 5.73 Å². The van der Waals surface area contributed by atoms with Crippen molar-refractivity contribution in [1.29, 1.82) is 5.26 Å². The number of carbonyl (C=O) groups excluding carboxylic acids is 1. The molecule has 1 heterocycles. The van der Waals surface area contributed by atoms with E-state index in [1.54, 1.807) is 11.3 Å². The summed E-state index contributed by atoms with van der Waals surface area (Å²) in [6.07, 6.45) is 8.13. The third-order valence-corrected chi connectivity index (χ3v) is 7.71. The van der Waals surface area contributed by atoms with Gasteiger partial charge in [0.15, 0.2) is 6.19 Å². The fourth-order valence-corrected chi connectivity index (χ4v) is 5.72. The zero-order valence-corrected chi connectivity index (χ0v) is 18.9. The Labute approximate surface area is 181 Å². The van der Waals surface area contributed by atoms with Gasteiger partial charge in [-0.2, -0.15) is 5.26 Å². The van der Waals surface area contributed by atoms with Crippen molar-refractivity contribution >= 4 is 35.0 Å². The number of carbonyl (C=O) groups is 1. The Morgan fingerprint density at radius 2 is 1.72 bits per heavy atom. The fraction of sp³-hybridized carbons (Fsp3) is 0.455. The molecular weight excluding hydrogens is 400 g/mol. The number of hydrogen-bond acceptors (Lipinski definition) is 5. The number of aryl methyl sites for hydroxylation is 2. The number of rotatable bonds is 3. The first-order valence-corrected chi connectivity index (χ1v) is 11.6. The molecule has 0 fully saturated rings. The van der Waals surface area contributed by atoms with Crippen molar-refractivity contribution in [3.63, 3.8) is 0 Å². The lowest BCUT2D eigenvalue weighted by atomic mass is 9.95. The molecule has 2 aliphatic carbocycles. The molecular formula is C22H28N4OS2. The second-order valence-electron chi connectivity index (χ2n) is 8.39. The number of thiophene rings is 1. The number of urea groups is 1. The maximum atomic E-state index is 12.6. The average Bonchev–Trinajstić information content (AvgIpc) is 3.39. The summed E-state index contributed by atoms with van der Waals surface area (Å²) >= 11 is 3.16. The van der Waals surface area contributed by atoms with Crippen LogP contribution in [0, 0.1) is 11.5 Å². The van der Waals surface area contributed by atoms with Gasteiger partial charge in [-0.05, 0) is 90.3 Å². The van der Waals surface area contributed by atoms with Crippen molar-refractivity contribution in [3.8, 4) is 6.19 Å². The molecule has 29 heavy (non-hydrogen) atoms. The number of nitrogens with one attached hydrogen (secondary N) is 2. The van der Waals surface area contributed by atoms with Gasteiger partial charge in [-0.1, -0.05) is 26.8 Å². The van der Waals surface area contributed by atoms with E-state index >= 15 is 0 Å². The smallest absolute Gasteiger partial charge is 0.329 e. The molecule has 0 spiro atoms. The molecule has 7 heteroatoms. The summed E-state index contributed by atoms with van der Waals surface area (Å²) in [5.41, 5.74) is 11.0. The Morgan fingerprint density at radius 3 is 2.24 bits per heavy atom. The number of hydrogen-bond donors (Lipinski definition) is 3. The summed E-state index contributed by atoms with van der Waals surface area (Å²) in [5, 5.41) is 10.3. The summed E-state index contributed by atoms with van der Waals surface area (Å²) in [4.78, 5) is 13.9. The lowest BCUT2D eigenvalue weighted by molar-refractivity contribution is 0.257. The number of nitrogens with two attached hydrogens (primary N) is 1. The maximum absolute atomic E-state index is 12.6. The molecule has 0 saturated heterocycles. The van der Waals surface area contributed by atoms with Gasteiger partial charge in [0.25, 0.3) is 0 Å². The van der Waals surface area contributed by atoms with Gasteiger partial charge in [0.1, 0.15) is 0 Å². The van der Waals surface area contributed by atoms with Gasteiger partial charge < -0.3 is 11.1 Å². The van der Waals surface area contributed by atoms with Crippen LogP contribution in [0.1, 0.15) is 60.7 Å². The first-order chi connectivity index (χ1) is 13.8. The molecule has 0 radical (unpaired) electrons. The monoisotopic (exact) mass is 428 g/mol.